The third kappa shape index (κ3) is 2.25. The highest BCUT2D eigenvalue weighted by molar-refractivity contribution is 7.97. The molecule has 1 heterocycles. The van der Waals surface area contributed by atoms with Gasteiger partial charge < -0.3 is 11.1 Å². The molecule has 0 aromatic heterocycles. The molecule has 0 aliphatic carbocycles. The molecule has 2 rings (SSSR count). The SMILES string of the molecule is CNc1ccc(F)c([C@]2(C)CSN(C)C(N)=N2)c1. The van der Waals surface area contributed by atoms with Gasteiger partial charge in [-0.1, -0.05) is 0 Å². The zero-order valence-corrected chi connectivity index (χ0v) is 11.5. The fourth-order valence-corrected chi connectivity index (χ4v) is 2.71. The lowest BCUT2D eigenvalue weighted by Crippen LogP contribution is -2.40. The van der Waals surface area contributed by atoms with Crippen molar-refractivity contribution < 1.29 is 4.39 Å². The van der Waals surface area contributed by atoms with Gasteiger partial charge in [0.1, 0.15) is 11.4 Å². The second-order valence-corrected chi connectivity index (χ2v) is 5.55. The molecule has 4 nitrogen and oxygen atoms in total. The summed E-state index contributed by atoms with van der Waals surface area (Å²) in [4.78, 5) is 4.43. The minimum absolute atomic E-state index is 0.252. The molecule has 98 valence electrons. The topological polar surface area (TPSA) is 53.6 Å². The van der Waals surface area contributed by atoms with Gasteiger partial charge in [-0.05, 0) is 37.1 Å². The van der Waals surface area contributed by atoms with Crippen LogP contribution in [0.1, 0.15) is 12.5 Å². The van der Waals surface area contributed by atoms with Gasteiger partial charge in [-0.15, -0.1) is 0 Å². The molecule has 0 bridgehead atoms. The Bertz CT molecular complexity index is 491. The van der Waals surface area contributed by atoms with Crippen molar-refractivity contribution in [2.24, 2.45) is 10.7 Å². The largest absolute Gasteiger partial charge is 0.388 e. The summed E-state index contributed by atoms with van der Waals surface area (Å²) in [6.45, 7) is 1.90. The minimum Gasteiger partial charge on any atom is -0.388 e. The van der Waals surface area contributed by atoms with Crippen LogP contribution in [0.25, 0.3) is 0 Å². The second-order valence-electron chi connectivity index (χ2n) is 4.46. The van der Waals surface area contributed by atoms with Crippen LogP contribution < -0.4 is 11.1 Å². The Kier molecular flexibility index (Phi) is 3.38. The van der Waals surface area contributed by atoms with E-state index >= 15 is 0 Å². The van der Waals surface area contributed by atoms with Crippen molar-refractivity contribution in [2.75, 3.05) is 25.2 Å². The Hall–Kier alpha value is -1.43. The Labute approximate surface area is 111 Å². The number of nitrogens with zero attached hydrogens (tertiary/aromatic N) is 2. The lowest BCUT2D eigenvalue weighted by molar-refractivity contribution is 0.495. The summed E-state index contributed by atoms with van der Waals surface area (Å²) in [7, 11) is 3.66. The standard InChI is InChI=1S/C12H17FN4S/c1-12(7-18-17(3)11(14)16-12)9-6-8(15-2)4-5-10(9)13/h4-6,15H,7H2,1-3H3,(H2,14,16)/t12-/m0/s1. The first-order valence-electron chi connectivity index (χ1n) is 5.66. The average molecular weight is 268 g/mol. The van der Waals surface area contributed by atoms with Gasteiger partial charge in [0, 0.05) is 31.1 Å². The molecule has 6 heteroatoms. The van der Waals surface area contributed by atoms with E-state index in [1.165, 1.54) is 6.07 Å². The first-order chi connectivity index (χ1) is 8.46. The predicted molar refractivity (Wildman–Crippen MR) is 75.1 cm³/mol. The van der Waals surface area contributed by atoms with Gasteiger partial charge in [0.05, 0.1) is 0 Å². The van der Waals surface area contributed by atoms with Crippen molar-refractivity contribution in [2.45, 2.75) is 12.5 Å². The summed E-state index contributed by atoms with van der Waals surface area (Å²) in [6.07, 6.45) is 0. The Morgan fingerprint density at radius 2 is 2.28 bits per heavy atom. The summed E-state index contributed by atoms with van der Waals surface area (Å²) >= 11 is 1.54. The second kappa shape index (κ2) is 4.68. The molecular formula is C12H17FN4S. The molecule has 0 saturated carbocycles. The summed E-state index contributed by atoms with van der Waals surface area (Å²) in [5, 5.41) is 3.01. The first-order valence-corrected chi connectivity index (χ1v) is 6.60. The van der Waals surface area contributed by atoms with E-state index in [-0.39, 0.29) is 5.82 Å². The molecule has 1 aliphatic rings. The van der Waals surface area contributed by atoms with Crippen LogP contribution in [0.5, 0.6) is 0 Å². The molecule has 0 unspecified atom stereocenters. The van der Waals surface area contributed by atoms with Gasteiger partial charge in [0.25, 0.3) is 0 Å². The van der Waals surface area contributed by atoms with Crippen molar-refractivity contribution >= 4 is 23.6 Å². The van der Waals surface area contributed by atoms with Crippen molar-refractivity contribution in [1.82, 2.24) is 4.31 Å². The number of nitrogens with two attached hydrogens (primary N) is 1. The molecule has 1 aromatic carbocycles. The van der Waals surface area contributed by atoms with Crippen molar-refractivity contribution in [3.8, 4) is 0 Å². The lowest BCUT2D eigenvalue weighted by Gasteiger charge is -2.34. The molecule has 0 saturated heterocycles. The molecule has 1 aromatic rings. The maximum atomic E-state index is 14.0. The first kappa shape index (κ1) is 13.0. The number of halogens is 1. The van der Waals surface area contributed by atoms with E-state index in [1.807, 2.05) is 14.0 Å². The molecule has 1 atom stereocenters. The van der Waals surface area contributed by atoms with Crippen LogP contribution in [-0.2, 0) is 5.54 Å². The number of hydrogen-bond acceptors (Lipinski definition) is 5. The van der Waals surface area contributed by atoms with E-state index in [0.29, 0.717) is 17.3 Å². The third-order valence-electron chi connectivity index (χ3n) is 3.06. The Morgan fingerprint density at radius 1 is 1.56 bits per heavy atom. The monoisotopic (exact) mass is 268 g/mol. The highest BCUT2D eigenvalue weighted by Gasteiger charge is 2.34. The predicted octanol–water partition coefficient (Wildman–Crippen LogP) is 1.99. The van der Waals surface area contributed by atoms with Crippen molar-refractivity contribution in [1.29, 1.82) is 0 Å². The Balaban J connectivity index is 2.47. The van der Waals surface area contributed by atoms with Gasteiger partial charge in [-0.3, -0.25) is 4.31 Å². The van der Waals surface area contributed by atoms with Crippen molar-refractivity contribution in [3.05, 3.63) is 29.6 Å². The molecule has 0 fully saturated rings. The van der Waals surface area contributed by atoms with Crippen LogP contribution >= 0.6 is 11.9 Å². The fourth-order valence-electron chi connectivity index (χ4n) is 1.88. The third-order valence-corrected chi connectivity index (χ3v) is 4.32. The van der Waals surface area contributed by atoms with Gasteiger partial charge in [0.2, 0.25) is 5.96 Å². The summed E-state index contributed by atoms with van der Waals surface area (Å²) in [5.74, 6) is 0.829. The zero-order valence-electron chi connectivity index (χ0n) is 10.7. The van der Waals surface area contributed by atoms with Crippen LogP contribution in [0, 0.1) is 5.82 Å². The van der Waals surface area contributed by atoms with E-state index < -0.39 is 5.54 Å². The van der Waals surface area contributed by atoms with Gasteiger partial charge >= 0.3 is 0 Å². The summed E-state index contributed by atoms with van der Waals surface area (Å²) < 4.78 is 15.8. The zero-order chi connectivity index (χ0) is 13.3. The molecule has 18 heavy (non-hydrogen) atoms. The van der Waals surface area contributed by atoms with Crippen LogP contribution in [0.15, 0.2) is 23.2 Å². The van der Waals surface area contributed by atoms with E-state index in [4.69, 9.17) is 5.73 Å². The smallest absolute Gasteiger partial charge is 0.202 e. The van der Waals surface area contributed by atoms with Crippen LogP contribution in [-0.4, -0.2) is 30.1 Å². The van der Waals surface area contributed by atoms with Gasteiger partial charge in [0.15, 0.2) is 0 Å². The molecule has 1 aliphatic heterocycles. The van der Waals surface area contributed by atoms with Crippen LogP contribution in [0.3, 0.4) is 0 Å². The average Bonchev–Trinajstić information content (AvgIpc) is 2.35. The number of benzene rings is 1. The highest BCUT2D eigenvalue weighted by atomic mass is 32.2. The van der Waals surface area contributed by atoms with Crippen molar-refractivity contribution in [3.63, 3.8) is 0 Å². The number of guanidine groups is 1. The molecule has 0 amide bonds. The van der Waals surface area contributed by atoms with Gasteiger partial charge in [-0.25, -0.2) is 9.38 Å². The maximum absolute atomic E-state index is 14.0. The normalized spacial score (nSPS) is 23.8. The molecule has 0 spiro atoms. The number of hydrogen-bond donors (Lipinski definition) is 2. The number of rotatable bonds is 2. The van der Waals surface area contributed by atoms with E-state index in [0.717, 1.165) is 5.69 Å². The van der Waals surface area contributed by atoms with E-state index in [2.05, 4.69) is 10.3 Å². The lowest BCUT2D eigenvalue weighted by atomic mass is 9.93. The summed E-state index contributed by atoms with van der Waals surface area (Å²) in [5.41, 5.74) is 6.64. The maximum Gasteiger partial charge on any atom is 0.202 e. The summed E-state index contributed by atoms with van der Waals surface area (Å²) in [6, 6.07) is 4.95. The van der Waals surface area contributed by atoms with Crippen LogP contribution in [0.4, 0.5) is 10.1 Å². The quantitative estimate of drug-likeness (QED) is 0.805. The number of aliphatic imine (C=N–C) groups is 1. The van der Waals surface area contributed by atoms with E-state index in [1.54, 1.807) is 35.4 Å². The number of nitrogens with one attached hydrogen (secondary N) is 1. The minimum atomic E-state index is -0.627. The fraction of sp³-hybridized carbons (Fsp3) is 0.417. The molecule has 3 N–H and O–H groups in total. The molecule has 0 radical (unpaired) electrons. The molecular weight excluding hydrogens is 251 g/mol. The van der Waals surface area contributed by atoms with Crippen LogP contribution in [0.2, 0.25) is 0 Å². The Morgan fingerprint density at radius 3 is 2.89 bits per heavy atom. The highest BCUT2D eigenvalue weighted by Crippen LogP contribution is 2.36. The van der Waals surface area contributed by atoms with E-state index in [9.17, 15) is 4.39 Å². The number of anilines is 1. The van der Waals surface area contributed by atoms with Gasteiger partial charge in [-0.2, -0.15) is 0 Å².